The maximum absolute atomic E-state index is 12.0. The molecule has 0 saturated heterocycles. The average Bonchev–Trinajstić information content (AvgIpc) is 2.64. The summed E-state index contributed by atoms with van der Waals surface area (Å²) in [6.07, 6.45) is 0. The van der Waals surface area contributed by atoms with Gasteiger partial charge in [-0.05, 0) is 49.2 Å². The first kappa shape index (κ1) is 22.5. The molecule has 6 nitrogen and oxygen atoms in total. The van der Waals surface area contributed by atoms with Crippen molar-refractivity contribution in [3.63, 3.8) is 0 Å². The van der Waals surface area contributed by atoms with Gasteiger partial charge in [0.05, 0.1) is 27.3 Å². The first-order chi connectivity index (χ1) is 12.5. The van der Waals surface area contributed by atoms with Gasteiger partial charge in [0, 0.05) is 11.4 Å². The minimum Gasteiger partial charge on any atom is -0.872 e. The van der Waals surface area contributed by atoms with Gasteiger partial charge in [0.2, 0.25) is 0 Å². The Balaban J connectivity index is 0.00000364. The molecule has 27 heavy (non-hydrogen) atoms. The van der Waals surface area contributed by atoms with Crippen LogP contribution in [0.1, 0.15) is 25.0 Å². The van der Waals surface area contributed by atoms with E-state index in [1.54, 1.807) is 38.1 Å². The molecule has 2 aromatic carbocycles. The van der Waals surface area contributed by atoms with E-state index in [4.69, 9.17) is 9.47 Å². The van der Waals surface area contributed by atoms with Gasteiger partial charge < -0.3 is 19.7 Å². The second-order valence-electron chi connectivity index (χ2n) is 5.66. The van der Waals surface area contributed by atoms with Crippen LogP contribution in [0.2, 0.25) is 0 Å². The van der Waals surface area contributed by atoms with E-state index in [1.807, 2.05) is 0 Å². The molecule has 0 aliphatic carbocycles. The van der Waals surface area contributed by atoms with Crippen LogP contribution in [0.3, 0.4) is 0 Å². The zero-order chi connectivity index (χ0) is 19.1. The van der Waals surface area contributed by atoms with E-state index in [0.717, 1.165) is 0 Å². The standard InChI is InChI=1S/C20H24N2O4.Cu/c1-13(17-7-5-15(25-3)11-19(17)23)21-9-10-22-14(2)18-8-6-16(26-4)12-20(18)24;/h5-8,11-12,23-24H,9-10H2,1-4H3;/q;+2/p-2. The first-order valence-electron chi connectivity index (χ1n) is 8.19. The SMILES string of the molecule is COc1ccc(C(C)=NCCN=C(C)c2ccc(OC)cc2[O-])c([O-])c1.[Cu+2]. The number of hydrogen-bond acceptors (Lipinski definition) is 6. The van der Waals surface area contributed by atoms with Crippen LogP contribution in [0.15, 0.2) is 46.4 Å². The molecule has 0 amide bonds. The van der Waals surface area contributed by atoms with Gasteiger partial charge in [0.25, 0.3) is 0 Å². The molecule has 0 fully saturated rings. The van der Waals surface area contributed by atoms with Crippen molar-refractivity contribution in [2.75, 3.05) is 27.3 Å². The zero-order valence-electron chi connectivity index (χ0n) is 15.7. The van der Waals surface area contributed by atoms with Crippen molar-refractivity contribution in [3.05, 3.63) is 47.5 Å². The van der Waals surface area contributed by atoms with E-state index in [1.165, 1.54) is 26.4 Å². The van der Waals surface area contributed by atoms with Crippen LogP contribution in [0.25, 0.3) is 0 Å². The molecule has 2 rings (SSSR count). The van der Waals surface area contributed by atoms with Gasteiger partial charge in [-0.1, -0.05) is 23.6 Å². The van der Waals surface area contributed by atoms with E-state index >= 15 is 0 Å². The van der Waals surface area contributed by atoms with Crippen molar-refractivity contribution < 1.29 is 36.8 Å². The molecule has 1 radical (unpaired) electrons. The second kappa shape index (κ2) is 10.6. The third-order valence-corrected chi connectivity index (χ3v) is 3.96. The van der Waals surface area contributed by atoms with E-state index in [9.17, 15) is 10.2 Å². The fourth-order valence-electron chi connectivity index (χ4n) is 2.46. The number of aliphatic imine (C=N–C) groups is 2. The van der Waals surface area contributed by atoms with Gasteiger partial charge in [-0.25, -0.2) is 0 Å². The van der Waals surface area contributed by atoms with Gasteiger partial charge in [0.1, 0.15) is 11.5 Å². The van der Waals surface area contributed by atoms with Crippen LogP contribution < -0.4 is 19.7 Å². The zero-order valence-corrected chi connectivity index (χ0v) is 16.6. The Hall–Kier alpha value is -2.50. The molecule has 0 N–H and O–H groups in total. The fourth-order valence-corrected chi connectivity index (χ4v) is 2.46. The largest absolute Gasteiger partial charge is 2.00 e. The summed E-state index contributed by atoms with van der Waals surface area (Å²) < 4.78 is 10.1. The van der Waals surface area contributed by atoms with Crippen LogP contribution in [-0.4, -0.2) is 38.7 Å². The molecule has 0 spiro atoms. The van der Waals surface area contributed by atoms with E-state index in [2.05, 4.69) is 9.98 Å². The third-order valence-electron chi connectivity index (χ3n) is 3.96. The molecule has 0 atom stereocenters. The van der Waals surface area contributed by atoms with Gasteiger partial charge in [-0.2, -0.15) is 0 Å². The molecule has 0 aromatic heterocycles. The van der Waals surface area contributed by atoms with Gasteiger partial charge in [-0.3, -0.25) is 9.98 Å². The van der Waals surface area contributed by atoms with Crippen LogP contribution in [0.5, 0.6) is 23.0 Å². The summed E-state index contributed by atoms with van der Waals surface area (Å²) >= 11 is 0. The summed E-state index contributed by atoms with van der Waals surface area (Å²) in [5.74, 6) is 0.804. The summed E-state index contributed by atoms with van der Waals surface area (Å²) in [6, 6.07) is 9.76. The molecular weight excluding hydrogens is 396 g/mol. The number of nitrogens with zero attached hydrogens (tertiary/aromatic N) is 2. The smallest absolute Gasteiger partial charge is 0.872 e. The van der Waals surface area contributed by atoms with Crippen molar-refractivity contribution in [1.29, 1.82) is 0 Å². The summed E-state index contributed by atoms with van der Waals surface area (Å²) in [4.78, 5) is 8.79. The molecule has 0 aliphatic rings. The quantitative estimate of drug-likeness (QED) is 0.392. The molecule has 0 unspecified atom stereocenters. The monoisotopic (exact) mass is 417 g/mol. The number of rotatable bonds is 7. The summed E-state index contributed by atoms with van der Waals surface area (Å²) in [6.45, 7) is 4.44. The second-order valence-corrected chi connectivity index (χ2v) is 5.66. The molecule has 0 bridgehead atoms. The van der Waals surface area contributed by atoms with Crippen molar-refractivity contribution in [1.82, 2.24) is 0 Å². The number of ether oxygens (including phenoxy) is 2. The van der Waals surface area contributed by atoms with E-state index in [0.29, 0.717) is 47.1 Å². The van der Waals surface area contributed by atoms with Crippen molar-refractivity contribution in [2.24, 2.45) is 9.98 Å². The van der Waals surface area contributed by atoms with Crippen LogP contribution in [0.4, 0.5) is 0 Å². The van der Waals surface area contributed by atoms with Crippen LogP contribution >= 0.6 is 0 Å². The van der Waals surface area contributed by atoms with Crippen molar-refractivity contribution in [2.45, 2.75) is 13.8 Å². The summed E-state index contributed by atoms with van der Waals surface area (Å²) in [7, 11) is 3.04. The topological polar surface area (TPSA) is 89.3 Å². The Morgan fingerprint density at radius 1 is 0.778 bits per heavy atom. The van der Waals surface area contributed by atoms with Crippen LogP contribution in [-0.2, 0) is 17.1 Å². The summed E-state index contributed by atoms with van der Waals surface area (Å²) in [5, 5.41) is 24.0. The normalized spacial score (nSPS) is 11.7. The number of hydrogen-bond donors (Lipinski definition) is 0. The average molecular weight is 418 g/mol. The predicted molar refractivity (Wildman–Crippen MR) is 99.0 cm³/mol. The molecule has 2 aromatic rings. The number of methoxy groups -OCH3 is 2. The number of benzene rings is 2. The van der Waals surface area contributed by atoms with Crippen LogP contribution in [0, 0.1) is 0 Å². The third kappa shape index (κ3) is 6.01. The Labute approximate surface area is 170 Å². The molecule has 0 aliphatic heterocycles. The predicted octanol–water partition coefficient (Wildman–Crippen LogP) is 2.17. The maximum Gasteiger partial charge on any atom is 2.00 e. The fraction of sp³-hybridized carbons (Fsp3) is 0.300. The Morgan fingerprint density at radius 2 is 1.15 bits per heavy atom. The Kier molecular flexibility index (Phi) is 8.85. The minimum atomic E-state index is -0.125. The molecule has 0 heterocycles. The van der Waals surface area contributed by atoms with Gasteiger partial charge >= 0.3 is 17.1 Å². The van der Waals surface area contributed by atoms with Gasteiger partial charge in [0.15, 0.2) is 0 Å². The van der Waals surface area contributed by atoms with E-state index in [-0.39, 0.29) is 28.6 Å². The Bertz CT molecular complexity index is 765. The molecule has 7 heteroatoms. The van der Waals surface area contributed by atoms with E-state index < -0.39 is 0 Å². The van der Waals surface area contributed by atoms with Crippen molar-refractivity contribution in [3.8, 4) is 23.0 Å². The van der Waals surface area contributed by atoms with Gasteiger partial charge in [-0.15, -0.1) is 0 Å². The Morgan fingerprint density at radius 3 is 1.44 bits per heavy atom. The molecule has 147 valence electrons. The van der Waals surface area contributed by atoms with Crippen molar-refractivity contribution >= 4 is 11.4 Å². The maximum atomic E-state index is 12.0. The molecule has 0 saturated carbocycles. The minimum absolute atomic E-state index is 0. The molecular formula is C20H22CuN2O4. The first-order valence-corrected chi connectivity index (χ1v) is 8.19. The summed E-state index contributed by atoms with van der Waals surface area (Å²) in [5.41, 5.74) is 2.39.